The highest BCUT2D eigenvalue weighted by molar-refractivity contribution is 6.06. The van der Waals surface area contributed by atoms with Gasteiger partial charge in [-0.05, 0) is 68.4 Å². The number of carbonyl (C=O) groups excluding carboxylic acids is 1. The van der Waals surface area contributed by atoms with Crippen LogP contribution in [0.1, 0.15) is 70.5 Å². The maximum absolute atomic E-state index is 13.2. The van der Waals surface area contributed by atoms with Gasteiger partial charge in [-0.15, -0.1) is 0 Å². The number of nitrogen functional groups attached to an aromatic ring is 1. The highest BCUT2D eigenvalue weighted by Crippen LogP contribution is 2.40. The van der Waals surface area contributed by atoms with Gasteiger partial charge in [-0.25, -0.2) is 4.98 Å². The van der Waals surface area contributed by atoms with Crippen molar-refractivity contribution in [1.82, 2.24) is 15.5 Å². The van der Waals surface area contributed by atoms with Gasteiger partial charge < -0.3 is 15.6 Å². The Kier molecular flexibility index (Phi) is 3.67. The number of amides is 1. The molecular formula is C21H22N4O2. The molecular weight excluding hydrogens is 340 g/mol. The van der Waals surface area contributed by atoms with Crippen LogP contribution in [0, 0.1) is 6.92 Å². The molecule has 3 aromatic rings. The van der Waals surface area contributed by atoms with Gasteiger partial charge in [-0.2, -0.15) is 0 Å². The molecule has 2 aliphatic carbocycles. The monoisotopic (exact) mass is 362 g/mol. The molecule has 0 saturated heterocycles. The molecule has 2 aromatic heterocycles. The lowest BCUT2D eigenvalue weighted by atomic mass is 9.87. The molecule has 6 nitrogen and oxygen atoms in total. The number of aryl methyl sites for hydroxylation is 2. The van der Waals surface area contributed by atoms with Gasteiger partial charge in [0.1, 0.15) is 0 Å². The lowest BCUT2D eigenvalue weighted by Crippen LogP contribution is -2.31. The second kappa shape index (κ2) is 6.08. The van der Waals surface area contributed by atoms with Crippen molar-refractivity contribution >= 4 is 22.7 Å². The summed E-state index contributed by atoms with van der Waals surface area (Å²) < 4.78 is 5.36. The largest absolute Gasteiger partial charge is 0.399 e. The standard InChI is InChI=1S/C21H22N4O2/c1-11-19-16(10-18(12-5-6-12)24-21(19)27-25-11)20(26)23-17-4-2-3-13-9-14(22)7-8-15(13)17/h7-10,12,17H,2-6,22H2,1H3,(H,23,26). The van der Waals surface area contributed by atoms with Crippen LogP contribution in [0.15, 0.2) is 28.8 Å². The number of nitrogens with two attached hydrogens (primary N) is 1. The summed E-state index contributed by atoms with van der Waals surface area (Å²) in [7, 11) is 0. The lowest BCUT2D eigenvalue weighted by molar-refractivity contribution is 0.0934. The Morgan fingerprint density at radius 3 is 2.93 bits per heavy atom. The molecule has 2 aliphatic rings. The highest BCUT2D eigenvalue weighted by atomic mass is 16.5. The van der Waals surface area contributed by atoms with Gasteiger partial charge in [-0.3, -0.25) is 4.79 Å². The minimum atomic E-state index is -0.0923. The number of pyridine rings is 1. The second-order valence-electron chi connectivity index (χ2n) is 7.69. The number of nitrogens with zero attached hydrogens (tertiary/aromatic N) is 2. The van der Waals surface area contributed by atoms with Crippen LogP contribution in [0.25, 0.3) is 11.1 Å². The molecule has 1 aromatic carbocycles. The fourth-order valence-corrected chi connectivity index (χ4v) is 4.10. The molecule has 0 spiro atoms. The first kappa shape index (κ1) is 16.3. The maximum atomic E-state index is 13.2. The molecule has 3 N–H and O–H groups in total. The van der Waals surface area contributed by atoms with Gasteiger partial charge >= 0.3 is 0 Å². The van der Waals surface area contributed by atoms with Crippen LogP contribution in [0.3, 0.4) is 0 Å². The van der Waals surface area contributed by atoms with Crippen molar-refractivity contribution in [3.8, 4) is 0 Å². The van der Waals surface area contributed by atoms with Gasteiger partial charge in [0.15, 0.2) is 0 Å². The number of anilines is 1. The predicted molar refractivity (Wildman–Crippen MR) is 103 cm³/mol. The van der Waals surface area contributed by atoms with Gasteiger partial charge in [0, 0.05) is 17.3 Å². The van der Waals surface area contributed by atoms with Gasteiger partial charge in [0.2, 0.25) is 0 Å². The zero-order chi connectivity index (χ0) is 18.5. The van der Waals surface area contributed by atoms with Crippen LogP contribution in [0.4, 0.5) is 5.69 Å². The Hall–Kier alpha value is -2.89. The van der Waals surface area contributed by atoms with E-state index in [9.17, 15) is 4.79 Å². The number of rotatable bonds is 3. The topological polar surface area (TPSA) is 94.0 Å². The molecule has 5 rings (SSSR count). The maximum Gasteiger partial charge on any atom is 0.259 e. The van der Waals surface area contributed by atoms with Crippen molar-refractivity contribution in [2.75, 3.05) is 5.73 Å². The third-order valence-corrected chi connectivity index (χ3v) is 5.66. The number of carbonyl (C=O) groups is 1. The first-order chi connectivity index (χ1) is 13.1. The molecule has 138 valence electrons. The molecule has 27 heavy (non-hydrogen) atoms. The van der Waals surface area contributed by atoms with Crippen LogP contribution in [0.2, 0.25) is 0 Å². The average Bonchev–Trinajstić information content (AvgIpc) is 3.44. The van der Waals surface area contributed by atoms with E-state index in [2.05, 4.69) is 15.5 Å². The summed E-state index contributed by atoms with van der Waals surface area (Å²) >= 11 is 0. The number of hydrogen-bond donors (Lipinski definition) is 2. The number of aromatic nitrogens is 2. The molecule has 1 fully saturated rings. The summed E-state index contributed by atoms with van der Waals surface area (Å²) in [5, 5.41) is 7.96. The van der Waals surface area contributed by atoms with E-state index in [4.69, 9.17) is 10.3 Å². The smallest absolute Gasteiger partial charge is 0.259 e. The Balaban J connectivity index is 1.51. The quantitative estimate of drug-likeness (QED) is 0.691. The van der Waals surface area contributed by atoms with E-state index in [1.54, 1.807) is 0 Å². The minimum Gasteiger partial charge on any atom is -0.399 e. The van der Waals surface area contributed by atoms with Crippen molar-refractivity contribution in [3.63, 3.8) is 0 Å². The molecule has 2 heterocycles. The van der Waals surface area contributed by atoms with E-state index < -0.39 is 0 Å². The van der Waals surface area contributed by atoms with Gasteiger partial charge in [0.05, 0.1) is 22.7 Å². The number of fused-ring (bicyclic) bond motifs is 2. The molecule has 1 atom stereocenters. The van der Waals surface area contributed by atoms with Crippen molar-refractivity contribution in [1.29, 1.82) is 0 Å². The minimum absolute atomic E-state index is 0.00499. The number of hydrogen-bond acceptors (Lipinski definition) is 5. The van der Waals surface area contributed by atoms with Crippen molar-refractivity contribution in [3.05, 3.63) is 52.3 Å². The fraction of sp³-hybridized carbons (Fsp3) is 0.381. The lowest BCUT2D eigenvalue weighted by Gasteiger charge is -2.27. The summed E-state index contributed by atoms with van der Waals surface area (Å²) in [6.45, 7) is 1.85. The van der Waals surface area contributed by atoms with Crippen LogP contribution in [0.5, 0.6) is 0 Å². The second-order valence-corrected chi connectivity index (χ2v) is 7.69. The summed E-state index contributed by atoms with van der Waals surface area (Å²) in [4.78, 5) is 17.8. The van der Waals surface area contributed by atoms with Crippen molar-refractivity contribution in [2.24, 2.45) is 0 Å². The molecule has 0 bridgehead atoms. The van der Waals surface area contributed by atoms with Crippen molar-refractivity contribution < 1.29 is 9.32 Å². The van der Waals surface area contributed by atoms with Gasteiger partial charge in [0.25, 0.3) is 11.6 Å². The first-order valence-corrected chi connectivity index (χ1v) is 9.56. The van der Waals surface area contributed by atoms with E-state index >= 15 is 0 Å². The third kappa shape index (κ3) is 2.85. The van der Waals surface area contributed by atoms with E-state index in [0.29, 0.717) is 28.3 Å². The zero-order valence-electron chi connectivity index (χ0n) is 15.3. The van der Waals surface area contributed by atoms with Crippen LogP contribution in [-0.4, -0.2) is 16.0 Å². The van der Waals surface area contributed by atoms with Gasteiger partial charge in [-0.1, -0.05) is 11.2 Å². The third-order valence-electron chi connectivity index (χ3n) is 5.66. The average molecular weight is 362 g/mol. The Bertz CT molecular complexity index is 1050. The molecule has 1 unspecified atom stereocenters. The Morgan fingerprint density at radius 1 is 1.26 bits per heavy atom. The van der Waals surface area contributed by atoms with E-state index in [1.165, 1.54) is 11.1 Å². The summed E-state index contributed by atoms with van der Waals surface area (Å²) in [5.74, 6) is 0.343. The molecule has 6 heteroatoms. The van der Waals surface area contributed by atoms with Crippen LogP contribution in [-0.2, 0) is 6.42 Å². The fourth-order valence-electron chi connectivity index (χ4n) is 4.10. The van der Waals surface area contributed by atoms with E-state index in [0.717, 1.165) is 43.5 Å². The first-order valence-electron chi connectivity index (χ1n) is 9.56. The van der Waals surface area contributed by atoms with Crippen LogP contribution >= 0.6 is 0 Å². The Morgan fingerprint density at radius 2 is 2.11 bits per heavy atom. The highest BCUT2D eigenvalue weighted by Gasteiger charge is 2.30. The number of nitrogens with one attached hydrogen (secondary N) is 1. The SMILES string of the molecule is Cc1noc2nc(C3CC3)cc(C(=O)NC3CCCc4cc(N)ccc43)c12. The van der Waals surface area contributed by atoms with Crippen molar-refractivity contribution in [2.45, 2.75) is 51.0 Å². The van der Waals surface area contributed by atoms with E-state index in [-0.39, 0.29) is 11.9 Å². The normalized spacial score (nSPS) is 19.1. The Labute approximate surface area is 157 Å². The predicted octanol–water partition coefficient (Wildman–Crippen LogP) is 3.80. The molecule has 0 aliphatic heterocycles. The molecule has 1 amide bonds. The molecule has 0 radical (unpaired) electrons. The molecule has 1 saturated carbocycles. The summed E-state index contributed by atoms with van der Waals surface area (Å²) in [6, 6.07) is 7.88. The number of benzene rings is 1. The van der Waals surface area contributed by atoms with E-state index in [1.807, 2.05) is 31.2 Å². The zero-order valence-corrected chi connectivity index (χ0v) is 15.3. The summed E-state index contributed by atoms with van der Waals surface area (Å²) in [5.41, 5.74) is 11.8. The summed E-state index contributed by atoms with van der Waals surface area (Å²) in [6.07, 6.45) is 5.19. The van der Waals surface area contributed by atoms with Crippen LogP contribution < -0.4 is 11.1 Å².